The molecule has 0 aliphatic carbocycles. The van der Waals surface area contributed by atoms with E-state index in [1.165, 1.54) is 0 Å². The maximum absolute atomic E-state index is 12.0. The van der Waals surface area contributed by atoms with Gasteiger partial charge in [0.15, 0.2) is 0 Å². The Labute approximate surface area is 113 Å². The molecule has 1 aliphatic rings. The lowest BCUT2D eigenvalue weighted by atomic mass is 10.00. The van der Waals surface area contributed by atoms with Crippen molar-refractivity contribution in [2.24, 2.45) is 5.92 Å². The van der Waals surface area contributed by atoms with Crippen molar-refractivity contribution in [3.63, 3.8) is 0 Å². The first-order valence-corrected chi connectivity index (χ1v) is 6.54. The van der Waals surface area contributed by atoms with Crippen LogP contribution in [0.1, 0.15) is 37.3 Å². The van der Waals surface area contributed by atoms with Gasteiger partial charge in [0.2, 0.25) is 5.91 Å². The molecule has 1 atom stereocenters. The van der Waals surface area contributed by atoms with E-state index in [2.05, 4.69) is 19.9 Å². The summed E-state index contributed by atoms with van der Waals surface area (Å²) in [4.78, 5) is 24.6. The Balaban J connectivity index is 2.34. The van der Waals surface area contributed by atoms with E-state index in [4.69, 9.17) is 5.11 Å². The SMILES string of the molecule is Cc1ccc(C(C)C)cc1N1CC(C(=O)O)CC1=O. The molecule has 0 spiro atoms. The zero-order chi connectivity index (χ0) is 14.2. The fraction of sp³-hybridized carbons (Fsp3) is 0.467. The van der Waals surface area contributed by atoms with Crippen molar-refractivity contribution >= 4 is 17.6 Å². The first-order chi connectivity index (χ1) is 8.90. The summed E-state index contributed by atoms with van der Waals surface area (Å²) in [5.74, 6) is -1.20. The molecule has 1 N–H and O–H groups in total. The van der Waals surface area contributed by atoms with E-state index >= 15 is 0 Å². The molecule has 0 bridgehead atoms. The fourth-order valence-corrected chi connectivity index (χ4v) is 2.38. The third-order valence-electron chi connectivity index (χ3n) is 3.66. The van der Waals surface area contributed by atoms with Gasteiger partial charge in [-0.1, -0.05) is 26.0 Å². The maximum Gasteiger partial charge on any atom is 0.308 e. The summed E-state index contributed by atoms with van der Waals surface area (Å²) >= 11 is 0. The van der Waals surface area contributed by atoms with Crippen LogP contribution in [0.25, 0.3) is 0 Å². The zero-order valence-corrected chi connectivity index (χ0v) is 11.5. The number of aryl methyl sites for hydroxylation is 1. The Morgan fingerprint density at radius 1 is 1.42 bits per heavy atom. The van der Waals surface area contributed by atoms with Crippen LogP contribution in [0.3, 0.4) is 0 Å². The fourth-order valence-electron chi connectivity index (χ4n) is 2.38. The quantitative estimate of drug-likeness (QED) is 0.909. The summed E-state index contributed by atoms with van der Waals surface area (Å²) in [5, 5.41) is 9.03. The average Bonchev–Trinajstić information content (AvgIpc) is 2.72. The van der Waals surface area contributed by atoms with E-state index in [-0.39, 0.29) is 18.9 Å². The van der Waals surface area contributed by atoms with Gasteiger partial charge in [0, 0.05) is 18.7 Å². The van der Waals surface area contributed by atoms with Crippen LogP contribution in [-0.2, 0) is 9.59 Å². The molecular weight excluding hydrogens is 242 g/mol. The van der Waals surface area contributed by atoms with Crippen molar-refractivity contribution in [2.45, 2.75) is 33.1 Å². The number of carbonyl (C=O) groups is 2. The first kappa shape index (κ1) is 13.6. The molecule has 1 aliphatic heterocycles. The van der Waals surface area contributed by atoms with E-state index in [0.717, 1.165) is 16.8 Å². The molecule has 1 aromatic rings. The predicted molar refractivity (Wildman–Crippen MR) is 73.4 cm³/mol. The van der Waals surface area contributed by atoms with Gasteiger partial charge in [-0.3, -0.25) is 9.59 Å². The van der Waals surface area contributed by atoms with Gasteiger partial charge in [-0.05, 0) is 30.0 Å². The Morgan fingerprint density at radius 2 is 2.11 bits per heavy atom. The van der Waals surface area contributed by atoms with Gasteiger partial charge in [0.25, 0.3) is 0 Å². The van der Waals surface area contributed by atoms with Crippen LogP contribution >= 0.6 is 0 Å². The van der Waals surface area contributed by atoms with Crippen molar-refractivity contribution in [3.8, 4) is 0 Å². The summed E-state index contributed by atoms with van der Waals surface area (Å²) < 4.78 is 0. The normalized spacial score (nSPS) is 19.3. The van der Waals surface area contributed by atoms with Gasteiger partial charge in [-0.2, -0.15) is 0 Å². The summed E-state index contributed by atoms with van der Waals surface area (Å²) in [6, 6.07) is 6.05. The van der Waals surface area contributed by atoms with Gasteiger partial charge in [-0.25, -0.2) is 0 Å². The van der Waals surface area contributed by atoms with Crippen molar-refractivity contribution in [1.82, 2.24) is 0 Å². The highest BCUT2D eigenvalue weighted by atomic mass is 16.4. The van der Waals surface area contributed by atoms with Crippen LogP contribution in [0.15, 0.2) is 18.2 Å². The molecule has 0 radical (unpaired) electrons. The minimum absolute atomic E-state index is 0.0979. The maximum atomic E-state index is 12.0. The van der Waals surface area contributed by atoms with Crippen molar-refractivity contribution < 1.29 is 14.7 Å². The molecule has 1 aromatic carbocycles. The van der Waals surface area contributed by atoms with E-state index in [0.29, 0.717) is 5.92 Å². The van der Waals surface area contributed by atoms with Crippen molar-refractivity contribution in [3.05, 3.63) is 29.3 Å². The van der Waals surface area contributed by atoms with Crippen LogP contribution in [0.2, 0.25) is 0 Å². The second-order valence-corrected chi connectivity index (χ2v) is 5.44. The number of amides is 1. The number of carboxylic acids is 1. The lowest BCUT2D eigenvalue weighted by molar-refractivity contribution is -0.141. The second kappa shape index (κ2) is 5.03. The van der Waals surface area contributed by atoms with Gasteiger partial charge in [0.1, 0.15) is 0 Å². The Kier molecular flexibility index (Phi) is 3.60. The molecule has 4 heteroatoms. The standard InChI is InChI=1S/C15H19NO3/c1-9(2)11-5-4-10(3)13(6-11)16-8-12(15(18)19)7-14(16)17/h4-6,9,12H,7-8H2,1-3H3,(H,18,19). The predicted octanol–water partition coefficient (Wildman–Crippen LogP) is 2.56. The number of hydrogen-bond donors (Lipinski definition) is 1. The minimum Gasteiger partial charge on any atom is -0.481 e. The molecule has 1 saturated heterocycles. The summed E-state index contributed by atoms with van der Waals surface area (Å²) in [5.41, 5.74) is 3.01. The molecular formula is C15H19NO3. The topological polar surface area (TPSA) is 57.6 Å². The van der Waals surface area contributed by atoms with E-state index in [1.807, 2.05) is 19.1 Å². The van der Waals surface area contributed by atoms with Crippen molar-refractivity contribution in [2.75, 3.05) is 11.4 Å². The molecule has 4 nitrogen and oxygen atoms in total. The number of carboxylic acid groups (broad SMARTS) is 1. The van der Waals surface area contributed by atoms with Crippen LogP contribution in [-0.4, -0.2) is 23.5 Å². The molecule has 102 valence electrons. The largest absolute Gasteiger partial charge is 0.481 e. The molecule has 1 fully saturated rings. The number of carbonyl (C=O) groups excluding carboxylic acids is 1. The number of benzene rings is 1. The van der Waals surface area contributed by atoms with E-state index < -0.39 is 11.9 Å². The van der Waals surface area contributed by atoms with Crippen LogP contribution in [0.5, 0.6) is 0 Å². The Hall–Kier alpha value is -1.84. The van der Waals surface area contributed by atoms with Gasteiger partial charge in [-0.15, -0.1) is 0 Å². The number of rotatable bonds is 3. The highest BCUT2D eigenvalue weighted by Gasteiger charge is 2.35. The highest BCUT2D eigenvalue weighted by molar-refractivity contribution is 5.99. The average molecular weight is 261 g/mol. The monoisotopic (exact) mass is 261 g/mol. The van der Waals surface area contributed by atoms with Crippen LogP contribution < -0.4 is 4.90 Å². The number of hydrogen-bond acceptors (Lipinski definition) is 2. The summed E-state index contributed by atoms with van der Waals surface area (Å²) in [7, 11) is 0. The third-order valence-corrected chi connectivity index (χ3v) is 3.66. The zero-order valence-electron chi connectivity index (χ0n) is 11.5. The first-order valence-electron chi connectivity index (χ1n) is 6.54. The molecule has 1 unspecified atom stereocenters. The lowest BCUT2D eigenvalue weighted by Crippen LogP contribution is -2.26. The third kappa shape index (κ3) is 2.62. The number of nitrogens with zero attached hydrogens (tertiary/aromatic N) is 1. The molecule has 0 saturated carbocycles. The Morgan fingerprint density at radius 3 is 2.63 bits per heavy atom. The van der Waals surface area contributed by atoms with Gasteiger partial charge >= 0.3 is 5.97 Å². The van der Waals surface area contributed by atoms with Gasteiger partial charge in [0.05, 0.1) is 5.92 Å². The molecule has 0 aromatic heterocycles. The van der Waals surface area contributed by atoms with Crippen molar-refractivity contribution in [1.29, 1.82) is 0 Å². The van der Waals surface area contributed by atoms with Crippen LogP contribution in [0, 0.1) is 12.8 Å². The van der Waals surface area contributed by atoms with E-state index in [1.54, 1.807) is 4.90 Å². The lowest BCUT2D eigenvalue weighted by Gasteiger charge is -2.20. The smallest absolute Gasteiger partial charge is 0.308 e. The summed E-state index contributed by atoms with van der Waals surface area (Å²) in [6.45, 7) is 6.41. The van der Waals surface area contributed by atoms with E-state index in [9.17, 15) is 9.59 Å². The molecule has 1 amide bonds. The molecule has 19 heavy (non-hydrogen) atoms. The van der Waals surface area contributed by atoms with Crippen LogP contribution in [0.4, 0.5) is 5.69 Å². The molecule has 1 heterocycles. The number of aliphatic carboxylic acids is 1. The Bertz CT molecular complexity index is 522. The number of anilines is 1. The second-order valence-electron chi connectivity index (χ2n) is 5.44. The minimum atomic E-state index is -0.895. The van der Waals surface area contributed by atoms with Gasteiger partial charge < -0.3 is 10.0 Å². The highest BCUT2D eigenvalue weighted by Crippen LogP contribution is 2.30. The molecule has 2 rings (SSSR count). The summed E-state index contributed by atoms with van der Waals surface area (Å²) in [6.07, 6.45) is 0.0979.